The minimum absolute atomic E-state index is 0.202. The van der Waals surface area contributed by atoms with E-state index in [0.717, 1.165) is 5.56 Å². The molecule has 1 N–H and O–H groups in total. The molecule has 0 aliphatic carbocycles. The Labute approximate surface area is 125 Å². The van der Waals surface area contributed by atoms with Crippen molar-refractivity contribution in [2.45, 2.75) is 31.6 Å². The number of hydrogen-bond donors (Lipinski definition) is 1. The van der Waals surface area contributed by atoms with Crippen LogP contribution in [0, 0.1) is 0 Å². The number of benzene rings is 1. The van der Waals surface area contributed by atoms with Gasteiger partial charge in [-0.05, 0) is 24.2 Å². The molecular weight excluding hydrogens is 368 g/mol. The van der Waals surface area contributed by atoms with Gasteiger partial charge in [0, 0.05) is 11.0 Å². The topological polar surface area (TPSA) is 21.3 Å². The van der Waals surface area contributed by atoms with Crippen LogP contribution in [0.25, 0.3) is 0 Å². The molecule has 0 atom stereocenters. The molecule has 2 nitrogen and oxygen atoms in total. The van der Waals surface area contributed by atoms with Gasteiger partial charge >= 0.3 is 12.4 Å². The first kappa shape index (κ1) is 18.2. The molecule has 1 aromatic rings. The second-order valence-electron chi connectivity index (χ2n) is 4.23. The molecule has 0 amide bonds. The third-order valence-electron chi connectivity index (χ3n) is 2.50. The van der Waals surface area contributed by atoms with Crippen LogP contribution in [0.15, 0.2) is 22.7 Å². The van der Waals surface area contributed by atoms with Gasteiger partial charge < -0.3 is 10.1 Å². The Hall–Kier alpha value is -0.800. The molecule has 0 saturated carbocycles. The predicted molar refractivity (Wildman–Crippen MR) is 67.6 cm³/mol. The second-order valence-corrected chi connectivity index (χ2v) is 5.08. The van der Waals surface area contributed by atoms with Crippen molar-refractivity contribution in [2.75, 3.05) is 7.05 Å². The SMILES string of the molecule is CNCc1ccc(COC(C(F)(F)F)C(F)(F)F)c(Br)c1. The van der Waals surface area contributed by atoms with Gasteiger partial charge in [0.15, 0.2) is 0 Å². The van der Waals surface area contributed by atoms with E-state index in [4.69, 9.17) is 0 Å². The average molecular weight is 380 g/mol. The summed E-state index contributed by atoms with van der Waals surface area (Å²) < 4.78 is 78.3. The lowest BCUT2D eigenvalue weighted by molar-refractivity contribution is -0.324. The molecular formula is C12H12BrF6NO. The minimum Gasteiger partial charge on any atom is -0.356 e. The number of rotatable bonds is 5. The first-order valence-corrected chi connectivity index (χ1v) is 6.52. The molecule has 1 aromatic carbocycles. The summed E-state index contributed by atoms with van der Waals surface area (Å²) in [6, 6.07) is 4.61. The smallest absolute Gasteiger partial charge is 0.356 e. The van der Waals surface area contributed by atoms with Crippen LogP contribution in [0.4, 0.5) is 26.3 Å². The maximum atomic E-state index is 12.3. The van der Waals surface area contributed by atoms with E-state index in [1.807, 2.05) is 0 Å². The van der Waals surface area contributed by atoms with Crippen LogP contribution in [0.1, 0.15) is 11.1 Å². The monoisotopic (exact) mass is 379 g/mol. The summed E-state index contributed by atoms with van der Waals surface area (Å²) in [6.07, 6.45) is -14.8. The van der Waals surface area contributed by atoms with Crippen LogP contribution in [0.3, 0.4) is 0 Å². The van der Waals surface area contributed by atoms with Gasteiger partial charge in [-0.25, -0.2) is 0 Å². The average Bonchev–Trinajstić information content (AvgIpc) is 2.29. The number of ether oxygens (including phenoxy) is 1. The van der Waals surface area contributed by atoms with Crippen LogP contribution in [0.2, 0.25) is 0 Å². The molecule has 0 spiro atoms. The minimum atomic E-state index is -5.50. The molecule has 0 bridgehead atoms. The Balaban J connectivity index is 2.82. The van der Waals surface area contributed by atoms with Gasteiger partial charge in [-0.3, -0.25) is 0 Å². The molecule has 0 unspecified atom stereocenters. The standard InChI is InChI=1S/C12H12BrF6NO/c1-20-5-7-2-3-8(9(13)4-7)6-21-10(11(14,15)16)12(17,18)19/h2-4,10,20H,5-6H2,1H3. The maximum Gasteiger partial charge on any atom is 0.423 e. The summed E-state index contributed by atoms with van der Waals surface area (Å²) in [4.78, 5) is 0. The fourth-order valence-electron chi connectivity index (χ4n) is 1.57. The van der Waals surface area contributed by atoms with Crippen molar-refractivity contribution in [1.29, 1.82) is 0 Å². The quantitative estimate of drug-likeness (QED) is 0.775. The summed E-state index contributed by atoms with van der Waals surface area (Å²) >= 11 is 3.10. The zero-order valence-electron chi connectivity index (χ0n) is 10.8. The van der Waals surface area contributed by atoms with Gasteiger partial charge in [-0.1, -0.05) is 28.1 Å². The van der Waals surface area contributed by atoms with Gasteiger partial charge in [-0.15, -0.1) is 0 Å². The number of nitrogens with one attached hydrogen (secondary N) is 1. The molecule has 9 heteroatoms. The second kappa shape index (κ2) is 6.97. The Morgan fingerprint density at radius 1 is 1.14 bits per heavy atom. The Kier molecular flexibility index (Phi) is 6.06. The molecule has 0 heterocycles. The van der Waals surface area contributed by atoms with E-state index in [0.29, 0.717) is 11.0 Å². The molecule has 1 rings (SSSR count). The summed E-state index contributed by atoms with van der Waals surface area (Å²) in [6.45, 7) is -0.280. The van der Waals surface area contributed by atoms with Crippen molar-refractivity contribution in [3.8, 4) is 0 Å². The molecule has 0 aliphatic rings. The van der Waals surface area contributed by atoms with Gasteiger partial charge in [0.2, 0.25) is 6.10 Å². The van der Waals surface area contributed by atoms with Gasteiger partial charge in [0.1, 0.15) is 0 Å². The van der Waals surface area contributed by atoms with Crippen molar-refractivity contribution in [3.63, 3.8) is 0 Å². The van der Waals surface area contributed by atoms with E-state index < -0.39 is 25.1 Å². The zero-order chi connectivity index (χ0) is 16.3. The first-order chi connectivity index (χ1) is 9.55. The van der Waals surface area contributed by atoms with Crippen molar-refractivity contribution >= 4 is 15.9 Å². The van der Waals surface area contributed by atoms with Crippen LogP contribution in [0.5, 0.6) is 0 Å². The lowest BCUT2D eigenvalue weighted by Gasteiger charge is -2.23. The first-order valence-electron chi connectivity index (χ1n) is 5.72. The van der Waals surface area contributed by atoms with Crippen LogP contribution >= 0.6 is 15.9 Å². The summed E-state index contributed by atoms with van der Waals surface area (Å²) in [7, 11) is 1.71. The molecule has 0 aliphatic heterocycles. The normalized spacial score (nSPS) is 13.0. The lowest BCUT2D eigenvalue weighted by atomic mass is 10.1. The number of hydrogen-bond acceptors (Lipinski definition) is 2. The van der Waals surface area contributed by atoms with Crippen molar-refractivity contribution < 1.29 is 31.1 Å². The maximum absolute atomic E-state index is 12.3. The number of halogens is 7. The Morgan fingerprint density at radius 3 is 2.14 bits per heavy atom. The van der Waals surface area contributed by atoms with Crippen molar-refractivity contribution in [3.05, 3.63) is 33.8 Å². The summed E-state index contributed by atoms with van der Waals surface area (Å²) in [5.41, 5.74) is 1.03. The van der Waals surface area contributed by atoms with Crippen LogP contribution in [-0.4, -0.2) is 25.5 Å². The highest BCUT2D eigenvalue weighted by molar-refractivity contribution is 9.10. The molecule has 0 aromatic heterocycles. The fourth-order valence-corrected chi connectivity index (χ4v) is 2.11. The van der Waals surface area contributed by atoms with E-state index >= 15 is 0 Å². The van der Waals surface area contributed by atoms with E-state index in [2.05, 4.69) is 26.0 Å². The van der Waals surface area contributed by atoms with E-state index in [1.165, 1.54) is 6.07 Å². The molecule has 0 saturated heterocycles. The highest BCUT2D eigenvalue weighted by atomic mass is 79.9. The van der Waals surface area contributed by atoms with Crippen molar-refractivity contribution in [1.82, 2.24) is 5.32 Å². The molecule has 0 radical (unpaired) electrons. The van der Waals surface area contributed by atoms with Crippen LogP contribution < -0.4 is 5.32 Å². The van der Waals surface area contributed by atoms with Gasteiger partial charge in [0.25, 0.3) is 0 Å². The summed E-state index contributed by atoms with van der Waals surface area (Å²) in [5, 5.41) is 2.87. The number of alkyl halides is 6. The van der Waals surface area contributed by atoms with E-state index in [9.17, 15) is 26.3 Å². The fraction of sp³-hybridized carbons (Fsp3) is 0.500. The lowest BCUT2D eigenvalue weighted by Crippen LogP contribution is -2.44. The van der Waals surface area contributed by atoms with Crippen molar-refractivity contribution in [2.24, 2.45) is 0 Å². The highest BCUT2D eigenvalue weighted by Gasteiger charge is 2.57. The molecule has 120 valence electrons. The zero-order valence-corrected chi connectivity index (χ0v) is 12.4. The third-order valence-corrected chi connectivity index (χ3v) is 3.24. The Morgan fingerprint density at radius 2 is 1.71 bits per heavy atom. The van der Waals surface area contributed by atoms with Gasteiger partial charge in [-0.2, -0.15) is 26.3 Å². The van der Waals surface area contributed by atoms with Gasteiger partial charge in [0.05, 0.1) is 6.61 Å². The predicted octanol–water partition coefficient (Wildman–Crippen LogP) is 4.18. The highest BCUT2D eigenvalue weighted by Crippen LogP contribution is 2.36. The van der Waals surface area contributed by atoms with E-state index in [-0.39, 0.29) is 5.56 Å². The third kappa shape index (κ3) is 5.48. The Bertz CT molecular complexity index is 460. The largest absolute Gasteiger partial charge is 0.423 e. The molecule has 0 fully saturated rings. The summed E-state index contributed by atoms with van der Waals surface area (Å²) in [5.74, 6) is 0. The van der Waals surface area contributed by atoms with E-state index in [1.54, 1.807) is 19.2 Å². The molecule has 21 heavy (non-hydrogen) atoms. The van der Waals surface area contributed by atoms with Crippen LogP contribution in [-0.2, 0) is 17.9 Å².